The van der Waals surface area contributed by atoms with E-state index in [1.54, 1.807) is 7.11 Å². The fraction of sp³-hybridized carbons (Fsp3) is 0.300. The minimum atomic E-state index is 0.134. The summed E-state index contributed by atoms with van der Waals surface area (Å²) in [7, 11) is 1.62. The van der Waals surface area contributed by atoms with Crippen LogP contribution in [0.3, 0.4) is 0 Å². The van der Waals surface area contributed by atoms with Gasteiger partial charge in [0.25, 0.3) is 0 Å². The second-order valence-corrected chi connectivity index (χ2v) is 9.23. The van der Waals surface area contributed by atoms with Crippen LogP contribution in [0.15, 0.2) is 84.4 Å². The number of ether oxygens (including phenoxy) is 2. The maximum Gasteiger partial charge on any atom is 0.189 e. The predicted octanol–water partition coefficient (Wildman–Crippen LogP) is 5.85. The molecule has 4 nitrogen and oxygen atoms in total. The maximum atomic E-state index is 13.2. The SMILES string of the molecule is COc1cc2c(cc1OCc1ccccc1)CC(=CC1CCN(Cc3ccccc3)CC1)C2=O. The van der Waals surface area contributed by atoms with Crippen molar-refractivity contribution in [2.24, 2.45) is 5.92 Å². The van der Waals surface area contributed by atoms with Crippen LogP contribution in [0, 0.1) is 5.92 Å². The Morgan fingerprint density at radius 3 is 2.26 bits per heavy atom. The highest BCUT2D eigenvalue weighted by atomic mass is 16.5. The first-order chi connectivity index (χ1) is 16.7. The van der Waals surface area contributed by atoms with Gasteiger partial charge in [-0.05, 0) is 60.7 Å². The third kappa shape index (κ3) is 5.07. The molecule has 34 heavy (non-hydrogen) atoms. The number of allylic oxidation sites excluding steroid dienone is 2. The van der Waals surface area contributed by atoms with E-state index in [1.807, 2.05) is 42.5 Å². The minimum Gasteiger partial charge on any atom is -0.493 e. The number of nitrogens with zero attached hydrogens (tertiary/aromatic N) is 1. The molecule has 0 bridgehead atoms. The highest BCUT2D eigenvalue weighted by Crippen LogP contribution is 2.38. The molecular weight excluding hydrogens is 422 g/mol. The van der Waals surface area contributed by atoms with Crippen LogP contribution in [0.2, 0.25) is 0 Å². The first-order valence-corrected chi connectivity index (χ1v) is 12.1. The van der Waals surface area contributed by atoms with Crippen molar-refractivity contribution in [1.82, 2.24) is 4.90 Å². The zero-order chi connectivity index (χ0) is 23.3. The van der Waals surface area contributed by atoms with Gasteiger partial charge in [0.1, 0.15) is 6.61 Å². The number of hydrogen-bond donors (Lipinski definition) is 0. The molecule has 1 fully saturated rings. The molecule has 0 radical (unpaired) electrons. The van der Waals surface area contributed by atoms with Gasteiger partial charge in [-0.3, -0.25) is 9.69 Å². The van der Waals surface area contributed by atoms with E-state index in [0.717, 1.165) is 54.7 Å². The second kappa shape index (κ2) is 10.3. The van der Waals surface area contributed by atoms with Crippen molar-refractivity contribution in [1.29, 1.82) is 0 Å². The van der Waals surface area contributed by atoms with Gasteiger partial charge in [0, 0.05) is 24.1 Å². The maximum absolute atomic E-state index is 13.2. The summed E-state index contributed by atoms with van der Waals surface area (Å²) in [6.45, 7) is 3.60. The summed E-state index contributed by atoms with van der Waals surface area (Å²) < 4.78 is 11.6. The van der Waals surface area contributed by atoms with E-state index in [0.29, 0.717) is 30.4 Å². The highest BCUT2D eigenvalue weighted by Gasteiger charge is 2.29. The monoisotopic (exact) mass is 453 g/mol. The van der Waals surface area contributed by atoms with Crippen LogP contribution >= 0.6 is 0 Å². The molecule has 2 aliphatic rings. The summed E-state index contributed by atoms with van der Waals surface area (Å²) in [5.74, 6) is 1.89. The zero-order valence-electron chi connectivity index (χ0n) is 19.7. The van der Waals surface area contributed by atoms with Gasteiger partial charge in [0.05, 0.1) is 7.11 Å². The molecule has 1 saturated heterocycles. The molecule has 1 heterocycles. The summed E-state index contributed by atoms with van der Waals surface area (Å²) in [6.07, 6.45) is 5.09. The number of carbonyl (C=O) groups excluding carboxylic acids is 1. The molecule has 3 aromatic carbocycles. The van der Waals surface area contributed by atoms with E-state index in [9.17, 15) is 4.79 Å². The molecule has 0 aromatic heterocycles. The highest BCUT2D eigenvalue weighted by molar-refractivity contribution is 6.13. The molecule has 4 heteroatoms. The lowest BCUT2D eigenvalue weighted by Gasteiger charge is -2.30. The molecule has 1 aliphatic carbocycles. The van der Waals surface area contributed by atoms with Crippen LogP contribution < -0.4 is 9.47 Å². The van der Waals surface area contributed by atoms with E-state index >= 15 is 0 Å². The van der Waals surface area contributed by atoms with Crippen LogP contribution in [0.25, 0.3) is 0 Å². The van der Waals surface area contributed by atoms with E-state index in [-0.39, 0.29) is 5.78 Å². The van der Waals surface area contributed by atoms with E-state index in [4.69, 9.17) is 9.47 Å². The summed E-state index contributed by atoms with van der Waals surface area (Å²) >= 11 is 0. The number of benzene rings is 3. The Hall–Kier alpha value is -3.37. The van der Waals surface area contributed by atoms with Crippen molar-refractivity contribution in [2.75, 3.05) is 20.2 Å². The van der Waals surface area contributed by atoms with Gasteiger partial charge in [0.15, 0.2) is 17.3 Å². The summed E-state index contributed by atoms with van der Waals surface area (Å²) in [5.41, 5.74) is 5.15. The summed E-state index contributed by atoms with van der Waals surface area (Å²) in [5, 5.41) is 0. The molecule has 0 atom stereocenters. The topological polar surface area (TPSA) is 38.8 Å². The molecule has 174 valence electrons. The van der Waals surface area contributed by atoms with E-state index < -0.39 is 0 Å². The molecule has 0 saturated carbocycles. The number of Topliss-reactive ketones (excluding diaryl/α,β-unsaturated/α-hetero) is 1. The van der Waals surface area contributed by atoms with Gasteiger partial charge in [-0.1, -0.05) is 66.7 Å². The number of ketones is 1. The number of rotatable bonds is 7. The molecular formula is C30H31NO3. The Balaban J connectivity index is 1.24. The van der Waals surface area contributed by atoms with E-state index in [2.05, 4.69) is 41.3 Å². The van der Waals surface area contributed by atoms with Crippen molar-refractivity contribution in [3.05, 3.63) is 107 Å². The number of piperidine rings is 1. The second-order valence-electron chi connectivity index (χ2n) is 9.23. The molecule has 0 N–H and O–H groups in total. The van der Waals surface area contributed by atoms with Crippen molar-refractivity contribution in [3.63, 3.8) is 0 Å². The van der Waals surface area contributed by atoms with Crippen LogP contribution in [-0.4, -0.2) is 30.9 Å². The van der Waals surface area contributed by atoms with Gasteiger partial charge in [0.2, 0.25) is 0 Å². The molecule has 0 amide bonds. The number of carbonyl (C=O) groups is 1. The molecule has 0 spiro atoms. The van der Waals surface area contributed by atoms with Crippen LogP contribution in [0.5, 0.6) is 11.5 Å². The first-order valence-electron chi connectivity index (χ1n) is 12.1. The first kappa shape index (κ1) is 22.4. The zero-order valence-corrected chi connectivity index (χ0v) is 19.7. The molecule has 5 rings (SSSR count). The number of hydrogen-bond acceptors (Lipinski definition) is 4. The lowest BCUT2D eigenvalue weighted by atomic mass is 9.93. The van der Waals surface area contributed by atoms with Gasteiger partial charge in [-0.25, -0.2) is 0 Å². The Morgan fingerprint density at radius 2 is 1.59 bits per heavy atom. The van der Waals surface area contributed by atoms with Crippen LogP contribution in [-0.2, 0) is 19.6 Å². The quantitative estimate of drug-likeness (QED) is 0.421. The number of likely N-dealkylation sites (tertiary alicyclic amines) is 1. The van der Waals surface area contributed by atoms with Crippen molar-refractivity contribution < 1.29 is 14.3 Å². The Morgan fingerprint density at radius 1 is 0.912 bits per heavy atom. The van der Waals surface area contributed by atoms with Gasteiger partial charge < -0.3 is 9.47 Å². The van der Waals surface area contributed by atoms with Gasteiger partial charge in [-0.15, -0.1) is 0 Å². The molecule has 3 aromatic rings. The lowest BCUT2D eigenvalue weighted by Crippen LogP contribution is -2.32. The predicted molar refractivity (Wildman–Crippen MR) is 134 cm³/mol. The number of methoxy groups -OCH3 is 1. The summed E-state index contributed by atoms with van der Waals surface area (Å²) in [6, 6.07) is 24.5. The van der Waals surface area contributed by atoms with Crippen LogP contribution in [0.1, 0.15) is 39.9 Å². The fourth-order valence-corrected chi connectivity index (χ4v) is 4.96. The van der Waals surface area contributed by atoms with Gasteiger partial charge in [-0.2, -0.15) is 0 Å². The fourth-order valence-electron chi connectivity index (χ4n) is 4.96. The van der Waals surface area contributed by atoms with Crippen molar-refractivity contribution in [3.8, 4) is 11.5 Å². The van der Waals surface area contributed by atoms with E-state index in [1.165, 1.54) is 5.56 Å². The van der Waals surface area contributed by atoms with Crippen LogP contribution in [0.4, 0.5) is 0 Å². The third-order valence-electron chi connectivity index (χ3n) is 6.86. The Kier molecular flexibility index (Phi) is 6.77. The van der Waals surface area contributed by atoms with Crippen molar-refractivity contribution in [2.45, 2.75) is 32.4 Å². The Bertz CT molecular complexity index is 1160. The normalized spacial score (nSPS) is 17.7. The lowest BCUT2D eigenvalue weighted by molar-refractivity contribution is 0.103. The smallest absolute Gasteiger partial charge is 0.189 e. The average molecular weight is 454 g/mol. The Labute approximate surface area is 201 Å². The molecule has 0 unspecified atom stereocenters. The standard InChI is InChI=1S/C30H31NO3/c1-33-28-19-27-25(18-29(28)34-21-24-10-6-3-7-11-24)17-26(30(27)32)16-22-12-14-31(15-13-22)20-23-8-4-2-5-9-23/h2-11,16,18-19,22H,12-15,17,20-21H2,1H3. The van der Waals surface area contributed by atoms with Crippen molar-refractivity contribution >= 4 is 5.78 Å². The molecule has 1 aliphatic heterocycles. The summed E-state index contributed by atoms with van der Waals surface area (Å²) in [4.78, 5) is 15.7. The number of fused-ring (bicyclic) bond motifs is 1. The minimum absolute atomic E-state index is 0.134. The average Bonchev–Trinajstić information content (AvgIpc) is 3.18. The third-order valence-corrected chi connectivity index (χ3v) is 6.86. The largest absolute Gasteiger partial charge is 0.493 e. The van der Waals surface area contributed by atoms with Gasteiger partial charge >= 0.3 is 0 Å².